The second-order valence-corrected chi connectivity index (χ2v) is 11.8. The number of oxime groups is 1. The lowest BCUT2D eigenvalue weighted by Crippen LogP contribution is -3.00. The minimum atomic E-state index is -0.325. The van der Waals surface area contributed by atoms with Crippen LogP contribution in [-0.2, 0) is 16.1 Å². The average Bonchev–Trinajstić information content (AvgIpc) is 3.48. The van der Waals surface area contributed by atoms with Gasteiger partial charge < -0.3 is 40.9 Å². The molecular formula is C32H38Br2N4O4. The predicted octanol–water partition coefficient (Wildman–Crippen LogP) is 1.94. The normalized spacial score (nSPS) is 12.5. The van der Waals surface area contributed by atoms with Gasteiger partial charge in [0.05, 0.1) is 32.6 Å². The lowest BCUT2D eigenvalue weighted by molar-refractivity contribution is -0.883. The molecule has 0 saturated carbocycles. The van der Waals surface area contributed by atoms with E-state index in [9.17, 15) is 9.59 Å². The van der Waals surface area contributed by atoms with Crippen molar-refractivity contribution in [3.63, 3.8) is 0 Å². The van der Waals surface area contributed by atoms with Gasteiger partial charge in [-0.25, -0.2) is 0 Å². The topological polar surface area (TPSA) is 81.9 Å². The third kappa shape index (κ3) is 10.0. The van der Waals surface area contributed by atoms with E-state index in [1.54, 1.807) is 12.3 Å². The maximum Gasteiger partial charge on any atom is 0.256 e. The monoisotopic (exact) mass is 700 g/mol. The van der Waals surface area contributed by atoms with Gasteiger partial charge in [0.25, 0.3) is 5.91 Å². The highest BCUT2D eigenvalue weighted by atomic mass is 79.9. The quantitative estimate of drug-likeness (QED) is 0.178. The number of amides is 1. The first-order valence-corrected chi connectivity index (χ1v) is 14.9. The van der Waals surface area contributed by atoms with Crippen molar-refractivity contribution < 1.29 is 35.8 Å². The Morgan fingerprint density at radius 1 is 1.12 bits per heavy atom. The Kier molecular flexibility index (Phi) is 13.1. The number of quaternary nitrogens is 1. The highest BCUT2D eigenvalue weighted by Crippen LogP contribution is 2.20. The van der Waals surface area contributed by atoms with Crippen LogP contribution in [0.1, 0.15) is 48.0 Å². The second-order valence-electron chi connectivity index (χ2n) is 10.8. The Balaban J connectivity index is 0.00000484. The second kappa shape index (κ2) is 16.5. The van der Waals surface area contributed by atoms with Gasteiger partial charge in [0.2, 0.25) is 11.3 Å². The van der Waals surface area contributed by atoms with Gasteiger partial charge in [-0.15, -0.1) is 0 Å². The van der Waals surface area contributed by atoms with Crippen molar-refractivity contribution in [2.45, 2.75) is 38.6 Å². The number of aromatic nitrogens is 1. The zero-order chi connectivity index (χ0) is 29.1. The van der Waals surface area contributed by atoms with Crippen molar-refractivity contribution in [1.82, 2.24) is 9.88 Å². The molecule has 1 N–H and O–H groups in total. The highest BCUT2D eigenvalue weighted by molar-refractivity contribution is 9.10. The summed E-state index contributed by atoms with van der Waals surface area (Å²) in [5, 5.41) is 7.29. The molecule has 1 aliphatic rings. The first-order chi connectivity index (χ1) is 19.8. The molecule has 8 nitrogen and oxygen atoms in total. The molecule has 0 fully saturated rings. The van der Waals surface area contributed by atoms with Crippen molar-refractivity contribution in [2.75, 3.05) is 46.9 Å². The number of carbonyl (C=O) groups excluding carboxylic acids is 1. The molecule has 0 bridgehead atoms. The minimum absolute atomic E-state index is 0. The van der Waals surface area contributed by atoms with Gasteiger partial charge in [-0.05, 0) is 48.9 Å². The number of unbranched alkanes of at least 4 members (excludes halogenated alkanes) is 3. The molecule has 10 heteroatoms. The Labute approximate surface area is 266 Å². The maximum atomic E-state index is 13.2. The molecule has 3 aromatic rings. The van der Waals surface area contributed by atoms with Crippen molar-refractivity contribution in [1.29, 1.82) is 0 Å². The fraction of sp³-hybridized carbons (Fsp3) is 0.406. The number of hydrogen-bond donors (Lipinski definition) is 1. The Hall–Kier alpha value is -3.13. The predicted molar refractivity (Wildman–Crippen MR) is 166 cm³/mol. The van der Waals surface area contributed by atoms with Crippen LogP contribution in [0.15, 0.2) is 69.2 Å². The molecule has 0 saturated heterocycles. The molecule has 0 spiro atoms. The summed E-state index contributed by atoms with van der Waals surface area (Å²) in [6.45, 7) is 3.80. The third-order valence-corrected chi connectivity index (χ3v) is 7.47. The Morgan fingerprint density at radius 3 is 2.67 bits per heavy atom. The SMILES string of the molecule is C[N+](C)(CC#CCOC1=NOCC1)CCCCCCNC(=O)c1cn(Cc2ccccc2)c2cc(Br)ccc2c1=O.[Br-]. The largest absolute Gasteiger partial charge is 1.00 e. The highest BCUT2D eigenvalue weighted by Gasteiger charge is 2.16. The van der Waals surface area contributed by atoms with Crippen LogP contribution in [0, 0.1) is 11.8 Å². The molecular weight excluding hydrogens is 664 g/mol. The zero-order valence-electron chi connectivity index (χ0n) is 24.2. The summed E-state index contributed by atoms with van der Waals surface area (Å²) in [7, 11) is 4.36. The van der Waals surface area contributed by atoms with Gasteiger partial charge in [0, 0.05) is 29.1 Å². The summed E-state index contributed by atoms with van der Waals surface area (Å²) in [6, 6.07) is 15.5. The fourth-order valence-corrected chi connectivity index (χ4v) is 5.01. The number of hydrogen-bond acceptors (Lipinski definition) is 5. The van der Waals surface area contributed by atoms with Gasteiger partial charge in [-0.3, -0.25) is 9.59 Å². The number of nitrogens with zero attached hydrogens (tertiary/aromatic N) is 3. The van der Waals surface area contributed by atoms with Crippen LogP contribution < -0.4 is 27.7 Å². The number of fused-ring (bicyclic) bond motifs is 1. The molecule has 0 atom stereocenters. The summed E-state index contributed by atoms with van der Waals surface area (Å²) in [5.41, 5.74) is 1.81. The number of ether oxygens (including phenoxy) is 1. The maximum absolute atomic E-state index is 13.2. The van der Waals surface area contributed by atoms with Crippen LogP contribution >= 0.6 is 15.9 Å². The molecule has 0 radical (unpaired) electrons. The molecule has 1 amide bonds. The first kappa shape index (κ1) is 33.4. The van der Waals surface area contributed by atoms with E-state index in [0.717, 1.165) is 58.8 Å². The molecule has 1 aliphatic heterocycles. The summed E-state index contributed by atoms with van der Waals surface area (Å²) in [5.74, 6) is 6.55. The minimum Gasteiger partial charge on any atom is -1.00 e. The summed E-state index contributed by atoms with van der Waals surface area (Å²) >= 11 is 3.51. The number of pyridine rings is 1. The standard InChI is InChI=1S/C32H37BrN4O4.BrH/c1-37(2,19-10-11-20-40-30-16-21-41-35-30)18-9-4-3-8-17-34-32(39)28-24-36(23-25-12-6-5-7-13-25)29-22-26(33)14-15-27(29)31(28)38;/h5-7,12-15,22,24H,3-4,8-9,16-21,23H2,1-2H3;1H. The van der Waals surface area contributed by atoms with E-state index in [4.69, 9.17) is 9.57 Å². The van der Waals surface area contributed by atoms with Crippen molar-refractivity contribution in [3.05, 3.63) is 80.6 Å². The van der Waals surface area contributed by atoms with E-state index in [1.807, 2.05) is 47.0 Å². The molecule has 2 heterocycles. The first-order valence-electron chi connectivity index (χ1n) is 14.1. The van der Waals surface area contributed by atoms with E-state index < -0.39 is 0 Å². The Morgan fingerprint density at radius 2 is 1.90 bits per heavy atom. The summed E-state index contributed by atoms with van der Waals surface area (Å²) in [4.78, 5) is 31.2. The van der Waals surface area contributed by atoms with E-state index in [0.29, 0.717) is 44.0 Å². The van der Waals surface area contributed by atoms with Crippen LogP contribution in [0.5, 0.6) is 0 Å². The van der Waals surface area contributed by atoms with Gasteiger partial charge in [0.15, 0.2) is 6.61 Å². The molecule has 0 unspecified atom stereocenters. The molecule has 224 valence electrons. The lowest BCUT2D eigenvalue weighted by Gasteiger charge is -2.27. The smallest absolute Gasteiger partial charge is 0.256 e. The molecule has 42 heavy (non-hydrogen) atoms. The number of benzene rings is 2. The van der Waals surface area contributed by atoms with Crippen LogP contribution in [0.2, 0.25) is 0 Å². The molecule has 2 aromatic carbocycles. The molecule has 4 rings (SSSR count). The van der Waals surface area contributed by atoms with Crippen LogP contribution in [-0.4, -0.2) is 67.8 Å². The third-order valence-electron chi connectivity index (χ3n) is 6.98. The summed E-state index contributed by atoms with van der Waals surface area (Å²) < 4.78 is 9.13. The van der Waals surface area contributed by atoms with E-state index >= 15 is 0 Å². The van der Waals surface area contributed by atoms with Gasteiger partial charge in [0.1, 0.15) is 18.7 Å². The van der Waals surface area contributed by atoms with Gasteiger partial charge in [-0.2, -0.15) is 0 Å². The van der Waals surface area contributed by atoms with Crippen molar-refractivity contribution in [3.8, 4) is 11.8 Å². The van der Waals surface area contributed by atoms with Crippen molar-refractivity contribution in [2.24, 2.45) is 5.16 Å². The number of nitrogens with one attached hydrogen (secondary N) is 1. The average molecular weight is 702 g/mol. The van der Waals surface area contributed by atoms with Crippen LogP contribution in [0.25, 0.3) is 10.9 Å². The zero-order valence-corrected chi connectivity index (χ0v) is 27.4. The number of halogens is 2. The van der Waals surface area contributed by atoms with Gasteiger partial charge in [-0.1, -0.05) is 63.8 Å². The van der Waals surface area contributed by atoms with Crippen LogP contribution in [0.3, 0.4) is 0 Å². The molecule has 0 aliphatic carbocycles. The lowest BCUT2D eigenvalue weighted by atomic mass is 10.1. The summed E-state index contributed by atoms with van der Waals surface area (Å²) in [6.07, 6.45) is 6.42. The van der Waals surface area contributed by atoms with Crippen molar-refractivity contribution >= 4 is 38.6 Å². The Bertz CT molecular complexity index is 1490. The fourth-order valence-electron chi connectivity index (χ4n) is 4.67. The van der Waals surface area contributed by atoms with Gasteiger partial charge >= 0.3 is 0 Å². The van der Waals surface area contributed by atoms with E-state index in [2.05, 4.69) is 52.3 Å². The number of carbonyl (C=O) groups is 1. The molecule has 1 aromatic heterocycles. The van der Waals surface area contributed by atoms with E-state index in [1.165, 1.54) is 0 Å². The number of rotatable bonds is 12. The van der Waals surface area contributed by atoms with Crippen LogP contribution in [0.4, 0.5) is 0 Å². The van der Waals surface area contributed by atoms with E-state index in [-0.39, 0.29) is 33.9 Å².